The van der Waals surface area contributed by atoms with E-state index in [1.807, 2.05) is 12.1 Å². The van der Waals surface area contributed by atoms with Gasteiger partial charge in [-0.3, -0.25) is 4.79 Å². The lowest BCUT2D eigenvalue weighted by molar-refractivity contribution is 0.0963. The predicted octanol–water partition coefficient (Wildman–Crippen LogP) is 3.03. The first kappa shape index (κ1) is 16.1. The van der Waals surface area contributed by atoms with Crippen LogP contribution in [0.3, 0.4) is 0 Å². The van der Waals surface area contributed by atoms with E-state index in [0.717, 1.165) is 18.7 Å². The zero-order valence-corrected chi connectivity index (χ0v) is 13.5. The van der Waals surface area contributed by atoms with Crippen LogP contribution in [0.1, 0.15) is 43.0 Å². The van der Waals surface area contributed by atoms with Crippen LogP contribution in [0.15, 0.2) is 18.2 Å². The van der Waals surface area contributed by atoms with Crippen molar-refractivity contribution in [3.05, 3.63) is 28.8 Å². The van der Waals surface area contributed by atoms with Gasteiger partial charge in [0.2, 0.25) is 0 Å². The second-order valence-corrected chi connectivity index (χ2v) is 6.11. The number of nitrogens with one attached hydrogen (secondary N) is 3. The Morgan fingerprint density at radius 3 is 2.95 bits per heavy atom. The van der Waals surface area contributed by atoms with Crippen molar-refractivity contribution >= 4 is 23.2 Å². The highest BCUT2D eigenvalue weighted by molar-refractivity contribution is 6.34. The standard InChI is InChI=1S/C16H24ClN3O/c1-11(9-12-5-3-4-8-19-12)20-13-6-7-15(17)14(10-13)16(21)18-2/h6-7,10-12,19-20H,3-5,8-9H2,1-2H3,(H,18,21). The number of piperidine rings is 1. The molecule has 0 saturated carbocycles. The number of hydrogen-bond acceptors (Lipinski definition) is 3. The van der Waals surface area contributed by atoms with Gasteiger partial charge in [0.25, 0.3) is 5.91 Å². The van der Waals surface area contributed by atoms with Crippen molar-refractivity contribution in [1.29, 1.82) is 0 Å². The Morgan fingerprint density at radius 2 is 2.29 bits per heavy atom. The fraction of sp³-hybridized carbons (Fsp3) is 0.562. The average molecular weight is 310 g/mol. The minimum atomic E-state index is -0.162. The third-order valence-electron chi connectivity index (χ3n) is 3.90. The van der Waals surface area contributed by atoms with Crippen molar-refractivity contribution in [2.45, 2.75) is 44.7 Å². The first-order chi connectivity index (χ1) is 10.1. The van der Waals surface area contributed by atoms with Crippen LogP contribution >= 0.6 is 11.6 Å². The Kier molecular flexibility index (Phi) is 5.88. The van der Waals surface area contributed by atoms with Crippen LogP contribution < -0.4 is 16.0 Å². The quantitative estimate of drug-likeness (QED) is 0.783. The van der Waals surface area contributed by atoms with E-state index in [4.69, 9.17) is 11.6 Å². The Balaban J connectivity index is 1.96. The van der Waals surface area contributed by atoms with E-state index < -0.39 is 0 Å². The molecule has 0 aliphatic carbocycles. The number of amides is 1. The van der Waals surface area contributed by atoms with Crippen LogP contribution in [0.4, 0.5) is 5.69 Å². The van der Waals surface area contributed by atoms with Gasteiger partial charge >= 0.3 is 0 Å². The zero-order valence-electron chi connectivity index (χ0n) is 12.7. The van der Waals surface area contributed by atoms with E-state index in [9.17, 15) is 4.79 Å². The fourth-order valence-corrected chi connectivity index (χ4v) is 3.02. The monoisotopic (exact) mass is 309 g/mol. The molecule has 1 aromatic rings. The normalized spacial score (nSPS) is 19.9. The SMILES string of the molecule is CNC(=O)c1cc(NC(C)CC2CCCCN2)ccc1Cl. The predicted molar refractivity (Wildman–Crippen MR) is 88.2 cm³/mol. The van der Waals surface area contributed by atoms with Crippen LogP contribution in [0.2, 0.25) is 5.02 Å². The molecule has 0 radical (unpaired) electrons. The van der Waals surface area contributed by atoms with Crippen LogP contribution in [-0.4, -0.2) is 31.6 Å². The second kappa shape index (κ2) is 7.66. The maximum absolute atomic E-state index is 11.8. The van der Waals surface area contributed by atoms with Crippen molar-refractivity contribution in [2.24, 2.45) is 0 Å². The van der Waals surface area contributed by atoms with E-state index in [-0.39, 0.29) is 5.91 Å². The Hall–Kier alpha value is -1.26. The molecule has 1 aliphatic heterocycles. The Morgan fingerprint density at radius 1 is 1.48 bits per heavy atom. The fourth-order valence-electron chi connectivity index (χ4n) is 2.82. The molecule has 0 bridgehead atoms. The number of carbonyl (C=O) groups is 1. The van der Waals surface area contributed by atoms with E-state index >= 15 is 0 Å². The summed E-state index contributed by atoms with van der Waals surface area (Å²) in [5.74, 6) is -0.162. The van der Waals surface area contributed by atoms with Gasteiger partial charge in [-0.15, -0.1) is 0 Å². The highest BCUT2D eigenvalue weighted by atomic mass is 35.5. The molecule has 4 nitrogen and oxygen atoms in total. The molecule has 0 aromatic heterocycles. The van der Waals surface area contributed by atoms with E-state index in [0.29, 0.717) is 22.7 Å². The summed E-state index contributed by atoms with van der Waals surface area (Å²) in [7, 11) is 1.61. The van der Waals surface area contributed by atoms with Gasteiger partial charge in [0.05, 0.1) is 10.6 Å². The molecule has 2 unspecified atom stereocenters. The molecule has 1 aromatic carbocycles. The van der Waals surface area contributed by atoms with Crippen LogP contribution in [0, 0.1) is 0 Å². The van der Waals surface area contributed by atoms with Gasteiger partial charge in [0.1, 0.15) is 0 Å². The smallest absolute Gasteiger partial charge is 0.252 e. The van der Waals surface area contributed by atoms with E-state index in [1.54, 1.807) is 13.1 Å². The van der Waals surface area contributed by atoms with Crippen LogP contribution in [0.25, 0.3) is 0 Å². The molecule has 1 fully saturated rings. The molecule has 21 heavy (non-hydrogen) atoms. The third-order valence-corrected chi connectivity index (χ3v) is 4.23. The summed E-state index contributed by atoms with van der Waals surface area (Å²) in [6.45, 7) is 3.30. The first-order valence-electron chi connectivity index (χ1n) is 7.61. The maximum Gasteiger partial charge on any atom is 0.252 e. The minimum absolute atomic E-state index is 0.162. The summed E-state index contributed by atoms with van der Waals surface area (Å²) >= 11 is 6.06. The van der Waals surface area contributed by atoms with Crippen molar-refractivity contribution < 1.29 is 4.79 Å². The second-order valence-electron chi connectivity index (χ2n) is 5.70. The molecular formula is C16H24ClN3O. The number of hydrogen-bond donors (Lipinski definition) is 3. The van der Waals surface area contributed by atoms with Gasteiger partial charge in [-0.05, 0) is 50.9 Å². The summed E-state index contributed by atoms with van der Waals surface area (Å²) in [6.07, 6.45) is 4.92. The van der Waals surface area contributed by atoms with Crippen LogP contribution in [0.5, 0.6) is 0 Å². The molecule has 2 atom stereocenters. The largest absolute Gasteiger partial charge is 0.383 e. The highest BCUT2D eigenvalue weighted by Crippen LogP contribution is 2.22. The van der Waals surface area contributed by atoms with Crippen LogP contribution in [-0.2, 0) is 0 Å². The molecule has 116 valence electrons. The number of halogens is 1. The molecule has 1 heterocycles. The van der Waals surface area contributed by atoms with Crippen molar-refractivity contribution in [1.82, 2.24) is 10.6 Å². The Labute approximate surface area is 131 Å². The zero-order chi connectivity index (χ0) is 15.2. The van der Waals surface area contributed by atoms with Gasteiger partial charge < -0.3 is 16.0 Å². The Bertz CT molecular complexity index is 486. The summed E-state index contributed by atoms with van der Waals surface area (Å²) in [5, 5.41) is 10.1. The topological polar surface area (TPSA) is 53.2 Å². The lowest BCUT2D eigenvalue weighted by Crippen LogP contribution is -2.37. The van der Waals surface area contributed by atoms with E-state index in [1.165, 1.54) is 19.3 Å². The van der Waals surface area contributed by atoms with Gasteiger partial charge in [0, 0.05) is 24.8 Å². The number of benzene rings is 1. The molecule has 2 rings (SSSR count). The van der Waals surface area contributed by atoms with Crippen molar-refractivity contribution in [3.8, 4) is 0 Å². The number of carbonyl (C=O) groups excluding carboxylic acids is 1. The lowest BCUT2D eigenvalue weighted by Gasteiger charge is -2.27. The highest BCUT2D eigenvalue weighted by Gasteiger charge is 2.16. The number of rotatable bonds is 5. The summed E-state index contributed by atoms with van der Waals surface area (Å²) in [6, 6.07) is 6.43. The number of anilines is 1. The molecule has 5 heteroatoms. The lowest BCUT2D eigenvalue weighted by atomic mass is 9.98. The van der Waals surface area contributed by atoms with E-state index in [2.05, 4.69) is 22.9 Å². The molecule has 1 aliphatic rings. The van der Waals surface area contributed by atoms with Gasteiger partial charge in [-0.2, -0.15) is 0 Å². The van der Waals surface area contributed by atoms with Crippen molar-refractivity contribution in [3.63, 3.8) is 0 Å². The molecule has 1 amide bonds. The molecule has 0 spiro atoms. The average Bonchev–Trinajstić information content (AvgIpc) is 2.49. The van der Waals surface area contributed by atoms with Gasteiger partial charge in [-0.1, -0.05) is 18.0 Å². The molecular weight excluding hydrogens is 286 g/mol. The molecule has 3 N–H and O–H groups in total. The van der Waals surface area contributed by atoms with Crippen molar-refractivity contribution in [2.75, 3.05) is 18.9 Å². The summed E-state index contributed by atoms with van der Waals surface area (Å²) < 4.78 is 0. The van der Waals surface area contributed by atoms with Gasteiger partial charge in [0.15, 0.2) is 0 Å². The third kappa shape index (κ3) is 4.61. The summed E-state index contributed by atoms with van der Waals surface area (Å²) in [4.78, 5) is 11.8. The molecule has 1 saturated heterocycles. The first-order valence-corrected chi connectivity index (χ1v) is 7.99. The maximum atomic E-state index is 11.8. The summed E-state index contributed by atoms with van der Waals surface area (Å²) in [5.41, 5.74) is 1.44. The minimum Gasteiger partial charge on any atom is -0.383 e. The van der Waals surface area contributed by atoms with Gasteiger partial charge in [-0.25, -0.2) is 0 Å².